The van der Waals surface area contributed by atoms with Crippen LogP contribution in [0.3, 0.4) is 0 Å². The standard InChI is InChI=1S/C17H12FN5O2S2/c18-10-4-1-2-5-11(10)19-15(25)9-27-17-21-16(12-6-3-7-26-12)20-13-8-14(24)22-23(13)17/h1-8H,9H2,(H,19,25)(H,22,24). The van der Waals surface area contributed by atoms with Crippen molar-refractivity contribution < 1.29 is 9.18 Å². The Morgan fingerprint density at radius 2 is 2.11 bits per heavy atom. The lowest BCUT2D eigenvalue weighted by Crippen LogP contribution is -2.16. The van der Waals surface area contributed by atoms with Crippen molar-refractivity contribution in [3.05, 3.63) is 64.0 Å². The fourth-order valence-electron chi connectivity index (χ4n) is 2.38. The summed E-state index contributed by atoms with van der Waals surface area (Å²) in [7, 11) is 0. The van der Waals surface area contributed by atoms with Crippen LogP contribution in [0.4, 0.5) is 10.1 Å². The number of hydrogen-bond donors (Lipinski definition) is 2. The number of halogens is 1. The number of aromatic nitrogens is 4. The van der Waals surface area contributed by atoms with E-state index < -0.39 is 5.82 Å². The van der Waals surface area contributed by atoms with E-state index in [0.29, 0.717) is 16.6 Å². The minimum atomic E-state index is -0.505. The number of carbonyl (C=O) groups is 1. The van der Waals surface area contributed by atoms with E-state index >= 15 is 0 Å². The zero-order chi connectivity index (χ0) is 18.8. The SMILES string of the molecule is O=C(CSc1nc(-c2cccs2)nc2cc(=O)[nH]n12)Nc1ccccc1F. The molecule has 1 aromatic carbocycles. The van der Waals surface area contributed by atoms with E-state index in [0.717, 1.165) is 16.6 Å². The molecule has 4 aromatic rings. The first-order chi connectivity index (χ1) is 13.1. The Morgan fingerprint density at radius 3 is 2.89 bits per heavy atom. The molecule has 0 fully saturated rings. The predicted molar refractivity (Wildman–Crippen MR) is 103 cm³/mol. The topological polar surface area (TPSA) is 92.2 Å². The van der Waals surface area contributed by atoms with Crippen molar-refractivity contribution >= 4 is 40.3 Å². The number of aromatic amines is 1. The summed E-state index contributed by atoms with van der Waals surface area (Å²) in [4.78, 5) is 33.5. The molecule has 0 aliphatic heterocycles. The summed E-state index contributed by atoms with van der Waals surface area (Å²) in [6, 6.07) is 11.1. The third kappa shape index (κ3) is 3.76. The van der Waals surface area contributed by atoms with E-state index in [1.807, 2.05) is 17.5 Å². The molecule has 0 aliphatic rings. The molecule has 0 saturated heterocycles. The number of amides is 1. The van der Waals surface area contributed by atoms with E-state index in [1.54, 1.807) is 12.1 Å². The second kappa shape index (κ2) is 7.33. The van der Waals surface area contributed by atoms with Gasteiger partial charge in [0.25, 0.3) is 5.56 Å². The maximum atomic E-state index is 13.6. The summed E-state index contributed by atoms with van der Waals surface area (Å²) in [5.41, 5.74) is 0.213. The molecular weight excluding hydrogens is 389 g/mol. The zero-order valence-corrected chi connectivity index (χ0v) is 15.3. The number of para-hydroxylation sites is 1. The van der Waals surface area contributed by atoms with Crippen molar-refractivity contribution in [2.75, 3.05) is 11.1 Å². The minimum absolute atomic E-state index is 0.00939. The van der Waals surface area contributed by atoms with E-state index in [1.165, 1.54) is 34.1 Å². The van der Waals surface area contributed by atoms with Gasteiger partial charge >= 0.3 is 0 Å². The van der Waals surface area contributed by atoms with Crippen molar-refractivity contribution in [1.82, 2.24) is 19.6 Å². The fraction of sp³-hybridized carbons (Fsp3) is 0.0588. The number of carbonyl (C=O) groups excluding carboxylic acids is 1. The molecule has 0 aliphatic carbocycles. The summed E-state index contributed by atoms with van der Waals surface area (Å²) >= 11 is 2.59. The Balaban J connectivity index is 1.58. The highest BCUT2D eigenvalue weighted by Gasteiger charge is 2.14. The monoisotopic (exact) mass is 401 g/mol. The third-order valence-corrected chi connectivity index (χ3v) is 5.35. The van der Waals surface area contributed by atoms with Gasteiger partial charge in [-0.1, -0.05) is 30.0 Å². The summed E-state index contributed by atoms with van der Waals surface area (Å²) in [6.45, 7) is 0. The average Bonchev–Trinajstić information content (AvgIpc) is 3.30. The van der Waals surface area contributed by atoms with Crippen LogP contribution in [0.1, 0.15) is 0 Å². The highest BCUT2D eigenvalue weighted by molar-refractivity contribution is 7.99. The first-order valence-electron chi connectivity index (χ1n) is 7.81. The molecule has 0 radical (unpaired) electrons. The average molecular weight is 401 g/mol. The molecule has 0 unspecified atom stereocenters. The van der Waals surface area contributed by atoms with E-state index in [2.05, 4.69) is 20.4 Å². The lowest BCUT2D eigenvalue weighted by molar-refractivity contribution is -0.113. The van der Waals surface area contributed by atoms with Crippen molar-refractivity contribution in [1.29, 1.82) is 0 Å². The van der Waals surface area contributed by atoms with Gasteiger partial charge in [0.05, 0.1) is 16.3 Å². The molecule has 0 spiro atoms. The van der Waals surface area contributed by atoms with Crippen molar-refractivity contribution in [3.8, 4) is 10.7 Å². The van der Waals surface area contributed by atoms with Crippen LogP contribution >= 0.6 is 23.1 Å². The maximum absolute atomic E-state index is 13.6. The molecule has 0 atom stereocenters. The molecule has 10 heteroatoms. The lowest BCUT2D eigenvalue weighted by atomic mass is 10.3. The maximum Gasteiger partial charge on any atom is 0.266 e. The van der Waals surface area contributed by atoms with Crippen LogP contribution in [0.15, 0.2) is 57.8 Å². The molecule has 136 valence electrons. The van der Waals surface area contributed by atoms with Crippen molar-refractivity contribution in [3.63, 3.8) is 0 Å². The number of anilines is 1. The van der Waals surface area contributed by atoms with E-state index in [4.69, 9.17) is 0 Å². The molecule has 0 bridgehead atoms. The van der Waals surface area contributed by atoms with E-state index in [-0.39, 0.29) is 22.9 Å². The van der Waals surface area contributed by atoms with Gasteiger partial charge in [-0.15, -0.1) is 11.3 Å². The highest BCUT2D eigenvalue weighted by atomic mass is 32.2. The molecule has 3 aromatic heterocycles. The summed E-state index contributed by atoms with van der Waals surface area (Å²) < 4.78 is 15.1. The first kappa shape index (κ1) is 17.4. The number of fused-ring (bicyclic) bond motifs is 1. The molecule has 27 heavy (non-hydrogen) atoms. The van der Waals surface area contributed by atoms with Crippen LogP contribution in [0.25, 0.3) is 16.3 Å². The van der Waals surface area contributed by atoms with Crippen LogP contribution in [0.5, 0.6) is 0 Å². The van der Waals surface area contributed by atoms with Crippen LogP contribution in [0, 0.1) is 5.82 Å². The summed E-state index contributed by atoms with van der Waals surface area (Å²) in [5.74, 6) is -0.426. The van der Waals surface area contributed by atoms with E-state index in [9.17, 15) is 14.0 Å². The van der Waals surface area contributed by atoms with Gasteiger partial charge in [0.2, 0.25) is 5.91 Å². The second-order valence-electron chi connectivity index (χ2n) is 5.44. The number of thiophene rings is 1. The zero-order valence-electron chi connectivity index (χ0n) is 13.7. The molecule has 1 amide bonds. The minimum Gasteiger partial charge on any atom is -0.323 e. The predicted octanol–water partition coefficient (Wildman–Crippen LogP) is 3.02. The Kier molecular flexibility index (Phi) is 4.73. The van der Waals surface area contributed by atoms with Crippen LogP contribution in [-0.4, -0.2) is 31.2 Å². The number of nitrogens with one attached hydrogen (secondary N) is 2. The Labute approximate surface area is 160 Å². The number of thioether (sulfide) groups is 1. The lowest BCUT2D eigenvalue weighted by Gasteiger charge is -2.08. The van der Waals surface area contributed by atoms with Gasteiger partial charge < -0.3 is 5.32 Å². The van der Waals surface area contributed by atoms with Gasteiger partial charge in [-0.25, -0.2) is 18.9 Å². The third-order valence-electron chi connectivity index (χ3n) is 3.55. The fourth-order valence-corrected chi connectivity index (χ4v) is 3.78. The molecular formula is C17H12FN5O2S2. The van der Waals surface area contributed by atoms with Crippen LogP contribution < -0.4 is 10.9 Å². The Bertz CT molecular complexity index is 1170. The van der Waals surface area contributed by atoms with Crippen molar-refractivity contribution in [2.45, 2.75) is 5.16 Å². The molecule has 2 N–H and O–H groups in total. The van der Waals surface area contributed by atoms with Crippen molar-refractivity contribution in [2.24, 2.45) is 0 Å². The van der Waals surface area contributed by atoms with Gasteiger partial charge in [0.1, 0.15) is 5.82 Å². The number of rotatable bonds is 5. The van der Waals surface area contributed by atoms with Gasteiger partial charge in [-0.05, 0) is 23.6 Å². The second-order valence-corrected chi connectivity index (χ2v) is 7.33. The number of hydrogen-bond acceptors (Lipinski definition) is 6. The Morgan fingerprint density at radius 1 is 1.26 bits per heavy atom. The molecule has 3 heterocycles. The normalized spacial score (nSPS) is 11.0. The first-order valence-corrected chi connectivity index (χ1v) is 9.67. The quantitative estimate of drug-likeness (QED) is 0.502. The number of nitrogens with zero attached hydrogens (tertiary/aromatic N) is 3. The molecule has 0 saturated carbocycles. The van der Waals surface area contributed by atoms with Crippen LogP contribution in [0.2, 0.25) is 0 Å². The number of benzene rings is 1. The van der Waals surface area contributed by atoms with Crippen LogP contribution in [-0.2, 0) is 4.79 Å². The largest absolute Gasteiger partial charge is 0.323 e. The van der Waals surface area contributed by atoms with Gasteiger partial charge in [0.15, 0.2) is 16.6 Å². The number of H-pyrrole nitrogens is 1. The molecule has 7 nitrogen and oxygen atoms in total. The van der Waals surface area contributed by atoms with Gasteiger partial charge in [-0.2, -0.15) is 0 Å². The van der Waals surface area contributed by atoms with Gasteiger partial charge in [0, 0.05) is 6.07 Å². The molecule has 4 rings (SSSR count). The summed E-state index contributed by atoms with van der Waals surface area (Å²) in [6.07, 6.45) is 0. The van der Waals surface area contributed by atoms with Gasteiger partial charge in [-0.3, -0.25) is 14.7 Å². The summed E-state index contributed by atoms with van der Waals surface area (Å²) in [5, 5.41) is 7.44. The Hall–Kier alpha value is -2.98. The highest BCUT2D eigenvalue weighted by Crippen LogP contribution is 2.25. The smallest absolute Gasteiger partial charge is 0.266 e.